The molecule has 0 atom stereocenters. The molecule has 0 bridgehead atoms. The van der Waals surface area contributed by atoms with E-state index in [0.29, 0.717) is 0 Å². The van der Waals surface area contributed by atoms with Crippen LogP contribution >= 0.6 is 0 Å². The van der Waals surface area contributed by atoms with Gasteiger partial charge in [-0.25, -0.2) is 4.98 Å². The van der Waals surface area contributed by atoms with E-state index in [4.69, 9.17) is 9.47 Å². The first-order chi connectivity index (χ1) is 11.7. The Morgan fingerprint density at radius 1 is 1.21 bits per heavy atom. The van der Waals surface area contributed by atoms with E-state index >= 15 is 0 Å². The van der Waals surface area contributed by atoms with E-state index in [9.17, 15) is 0 Å². The Kier molecular flexibility index (Phi) is 3.88. The molecule has 1 aromatic heterocycles. The van der Waals surface area contributed by atoms with E-state index in [1.165, 1.54) is 11.1 Å². The Hall–Kier alpha value is -2.14. The van der Waals surface area contributed by atoms with Crippen LogP contribution in [0.1, 0.15) is 29.7 Å². The van der Waals surface area contributed by atoms with Crippen molar-refractivity contribution in [2.24, 2.45) is 0 Å². The number of aryl methyl sites for hydroxylation is 1. The van der Waals surface area contributed by atoms with Gasteiger partial charge in [0.15, 0.2) is 0 Å². The highest BCUT2D eigenvalue weighted by atomic mass is 16.5. The molecule has 1 spiro atoms. The Balaban J connectivity index is 1.57. The number of hydrogen-bond acceptors (Lipinski definition) is 5. The highest BCUT2D eigenvalue weighted by molar-refractivity contribution is 5.43. The predicted molar refractivity (Wildman–Crippen MR) is 92.5 cm³/mol. The van der Waals surface area contributed by atoms with Crippen molar-refractivity contribution in [3.8, 4) is 5.75 Å². The van der Waals surface area contributed by atoms with Crippen molar-refractivity contribution in [1.29, 1.82) is 0 Å². The smallest absolute Gasteiger partial charge is 0.147 e. The third-order valence-electron chi connectivity index (χ3n) is 5.19. The molecule has 2 aliphatic rings. The topological polar surface area (TPSA) is 47.5 Å². The van der Waals surface area contributed by atoms with Gasteiger partial charge in [-0.3, -0.25) is 4.98 Å². The van der Waals surface area contributed by atoms with Gasteiger partial charge in [0.05, 0.1) is 31.2 Å². The quantitative estimate of drug-likeness (QED) is 0.850. The lowest BCUT2D eigenvalue weighted by Crippen LogP contribution is -2.47. The van der Waals surface area contributed by atoms with E-state index < -0.39 is 0 Å². The highest BCUT2D eigenvalue weighted by Gasteiger charge is 2.41. The van der Waals surface area contributed by atoms with Crippen LogP contribution in [0, 0.1) is 6.92 Å². The molecule has 126 valence electrons. The van der Waals surface area contributed by atoms with Crippen LogP contribution in [0.25, 0.3) is 0 Å². The van der Waals surface area contributed by atoms with E-state index in [1.807, 2.05) is 19.2 Å². The lowest BCUT2D eigenvalue weighted by molar-refractivity contribution is -0.0767. The summed E-state index contributed by atoms with van der Waals surface area (Å²) < 4.78 is 11.7. The highest BCUT2D eigenvalue weighted by Crippen LogP contribution is 2.42. The minimum atomic E-state index is -0.159. The van der Waals surface area contributed by atoms with Gasteiger partial charge in [0.25, 0.3) is 0 Å². The standard InChI is InChI=1S/C19H23N3O2/c1-14-12-20-13-18(21-14)22-8-6-19(7-9-22)17-4-3-16(23-2)11-15(17)5-10-24-19/h3-4,11-13H,5-10H2,1-2H3. The van der Waals surface area contributed by atoms with Crippen molar-refractivity contribution in [2.75, 3.05) is 31.7 Å². The number of hydrogen-bond donors (Lipinski definition) is 0. The fourth-order valence-electron chi connectivity index (χ4n) is 3.90. The first kappa shape index (κ1) is 15.4. The summed E-state index contributed by atoms with van der Waals surface area (Å²) in [7, 11) is 1.72. The second kappa shape index (κ2) is 6.06. The van der Waals surface area contributed by atoms with Crippen molar-refractivity contribution in [3.05, 3.63) is 47.4 Å². The zero-order chi connectivity index (χ0) is 16.6. The van der Waals surface area contributed by atoms with Crippen LogP contribution in [0.2, 0.25) is 0 Å². The summed E-state index contributed by atoms with van der Waals surface area (Å²) in [5.41, 5.74) is 3.50. The molecule has 24 heavy (non-hydrogen) atoms. The Morgan fingerprint density at radius 3 is 2.79 bits per heavy atom. The predicted octanol–water partition coefficient (Wildman–Crippen LogP) is 2.86. The maximum absolute atomic E-state index is 6.31. The number of ether oxygens (including phenoxy) is 2. The third kappa shape index (κ3) is 2.63. The zero-order valence-corrected chi connectivity index (χ0v) is 14.3. The number of fused-ring (bicyclic) bond motifs is 2. The molecule has 0 amide bonds. The number of nitrogens with zero attached hydrogens (tertiary/aromatic N) is 3. The van der Waals surface area contributed by atoms with Crippen LogP contribution in [-0.4, -0.2) is 36.8 Å². The molecule has 1 aromatic carbocycles. The summed E-state index contributed by atoms with van der Waals surface area (Å²) in [5, 5.41) is 0. The molecule has 5 nitrogen and oxygen atoms in total. The summed E-state index contributed by atoms with van der Waals surface area (Å²) in [6, 6.07) is 6.40. The zero-order valence-electron chi connectivity index (χ0n) is 14.3. The van der Waals surface area contributed by atoms with Crippen molar-refractivity contribution in [2.45, 2.75) is 31.8 Å². The van der Waals surface area contributed by atoms with Gasteiger partial charge < -0.3 is 14.4 Å². The molecule has 5 heteroatoms. The fraction of sp³-hybridized carbons (Fsp3) is 0.474. The minimum Gasteiger partial charge on any atom is -0.497 e. The van der Waals surface area contributed by atoms with Gasteiger partial charge in [-0.1, -0.05) is 6.07 Å². The van der Waals surface area contributed by atoms with Gasteiger partial charge >= 0.3 is 0 Å². The second-order valence-corrected chi connectivity index (χ2v) is 6.62. The van der Waals surface area contributed by atoms with Gasteiger partial charge in [0.2, 0.25) is 0 Å². The van der Waals surface area contributed by atoms with Gasteiger partial charge in [0.1, 0.15) is 11.6 Å². The van der Waals surface area contributed by atoms with Crippen molar-refractivity contribution in [1.82, 2.24) is 9.97 Å². The number of rotatable bonds is 2. The maximum Gasteiger partial charge on any atom is 0.147 e. The molecule has 1 fully saturated rings. The number of anilines is 1. The number of piperidine rings is 1. The largest absolute Gasteiger partial charge is 0.497 e. The van der Waals surface area contributed by atoms with Crippen LogP contribution in [-0.2, 0) is 16.8 Å². The number of aromatic nitrogens is 2. The molecule has 0 saturated carbocycles. The van der Waals surface area contributed by atoms with Crippen molar-refractivity contribution in [3.63, 3.8) is 0 Å². The SMILES string of the molecule is COc1ccc2c(c1)CCOC21CCN(c2cncc(C)n2)CC1. The van der Waals surface area contributed by atoms with Gasteiger partial charge in [-0.2, -0.15) is 0 Å². The molecular weight excluding hydrogens is 302 g/mol. The Bertz CT molecular complexity index is 739. The summed E-state index contributed by atoms with van der Waals surface area (Å²) in [6.07, 6.45) is 6.56. The van der Waals surface area contributed by atoms with Crippen LogP contribution in [0.3, 0.4) is 0 Å². The molecule has 0 radical (unpaired) electrons. The van der Waals surface area contributed by atoms with E-state index in [1.54, 1.807) is 13.3 Å². The van der Waals surface area contributed by atoms with Crippen molar-refractivity contribution < 1.29 is 9.47 Å². The summed E-state index contributed by atoms with van der Waals surface area (Å²) in [5.74, 6) is 1.90. The molecule has 0 unspecified atom stereocenters. The molecule has 0 aliphatic carbocycles. The molecular formula is C19H23N3O2. The molecule has 1 saturated heterocycles. The van der Waals surface area contributed by atoms with Crippen LogP contribution in [0.4, 0.5) is 5.82 Å². The molecule has 3 heterocycles. The molecule has 0 N–H and O–H groups in total. The summed E-state index contributed by atoms with van der Waals surface area (Å²) >= 11 is 0. The van der Waals surface area contributed by atoms with E-state index in [2.05, 4.69) is 27.0 Å². The van der Waals surface area contributed by atoms with Crippen LogP contribution < -0.4 is 9.64 Å². The average Bonchev–Trinajstić information content (AvgIpc) is 2.62. The van der Waals surface area contributed by atoms with Gasteiger partial charge in [-0.15, -0.1) is 0 Å². The number of methoxy groups -OCH3 is 1. The Labute approximate surface area is 142 Å². The Morgan fingerprint density at radius 2 is 2.04 bits per heavy atom. The van der Waals surface area contributed by atoms with Gasteiger partial charge in [0, 0.05) is 19.3 Å². The van der Waals surface area contributed by atoms with Gasteiger partial charge in [-0.05, 0) is 49.4 Å². The lowest BCUT2D eigenvalue weighted by Gasteiger charge is -2.45. The van der Waals surface area contributed by atoms with E-state index in [0.717, 1.165) is 56.2 Å². The van der Waals surface area contributed by atoms with Crippen LogP contribution in [0.15, 0.2) is 30.6 Å². The van der Waals surface area contributed by atoms with Crippen molar-refractivity contribution >= 4 is 5.82 Å². The maximum atomic E-state index is 6.31. The fourth-order valence-corrected chi connectivity index (χ4v) is 3.90. The minimum absolute atomic E-state index is 0.159. The van der Waals surface area contributed by atoms with Crippen LogP contribution in [0.5, 0.6) is 5.75 Å². The van der Waals surface area contributed by atoms with E-state index in [-0.39, 0.29) is 5.60 Å². The first-order valence-electron chi connectivity index (χ1n) is 8.55. The average molecular weight is 325 g/mol. The normalized spacial score (nSPS) is 19.2. The third-order valence-corrected chi connectivity index (χ3v) is 5.19. The second-order valence-electron chi connectivity index (χ2n) is 6.62. The summed E-state index contributed by atoms with van der Waals surface area (Å²) in [6.45, 7) is 4.63. The molecule has 2 aromatic rings. The lowest BCUT2D eigenvalue weighted by atomic mass is 9.79. The molecule has 4 rings (SSSR count). The monoisotopic (exact) mass is 325 g/mol. The molecule has 2 aliphatic heterocycles. The summed E-state index contributed by atoms with van der Waals surface area (Å²) in [4.78, 5) is 11.2. The first-order valence-corrected chi connectivity index (χ1v) is 8.55. The number of benzene rings is 1.